The van der Waals surface area contributed by atoms with E-state index in [0.29, 0.717) is 192 Å². The fraction of sp³-hybridized carbons (Fsp3) is 0.320. The number of carboxylic acid groups (broad SMARTS) is 1. The lowest BCUT2D eigenvalue weighted by Crippen LogP contribution is -2.41. The number of hydrogen-bond donors (Lipinski definition) is 13. The minimum atomic E-state index is -0.958. The molecule has 0 spiro atoms. The summed E-state index contributed by atoms with van der Waals surface area (Å²) in [5.41, 5.74) is 41.9. The highest BCUT2D eigenvalue weighted by molar-refractivity contribution is 7.16. The number of benzene rings is 6. The molecule has 49 heteroatoms. The molecule has 0 atom stereocenters. The number of fused-ring (bicyclic) bond motifs is 6. The largest absolute Gasteiger partial charge is 0.478 e. The van der Waals surface area contributed by atoms with Gasteiger partial charge in [-0.05, 0) is 250 Å². The molecule has 12 amide bonds. The molecule has 1 saturated heterocycles. The van der Waals surface area contributed by atoms with Crippen molar-refractivity contribution in [2.75, 3.05) is 61.0 Å². The molecule has 784 valence electrons. The van der Waals surface area contributed by atoms with Gasteiger partial charge in [-0.2, -0.15) is 41.1 Å². The normalized spacial score (nSPS) is 13.1. The molecule has 149 heavy (non-hydrogen) atoms. The Morgan fingerprint density at radius 2 is 0.779 bits per heavy atom. The van der Waals surface area contributed by atoms with Gasteiger partial charge in [-0.15, -0.1) is 45.3 Å². The molecule has 17 rings (SSSR count). The molecule has 41 nitrogen and oxygen atoms in total. The number of Topliss-reactive ketones (excluding diaryl/α,β-unsaturated/α-hetero) is 1. The number of aromatic amines is 2. The van der Waals surface area contributed by atoms with Crippen LogP contribution in [0.15, 0.2) is 138 Å². The molecule has 5 aliphatic rings. The number of nitrogens with two attached hydrogens (primary N) is 6. The summed E-state index contributed by atoms with van der Waals surface area (Å²) in [4.78, 5) is 190. The molecule has 1 fully saturated rings. The fourth-order valence-electron chi connectivity index (χ4n) is 15.1. The van der Waals surface area contributed by atoms with Gasteiger partial charge in [0, 0.05) is 129 Å². The highest BCUT2D eigenvalue weighted by Gasteiger charge is 2.36. The Kier molecular flexibility index (Phi) is 41.2. The number of rotatable bonds is 17. The molecule has 6 aromatic carbocycles. The number of hydrogen-bond acceptors (Lipinski definition) is 30. The first-order valence-electron chi connectivity index (χ1n) is 45.8. The minimum Gasteiger partial charge on any atom is -0.478 e. The van der Waals surface area contributed by atoms with Crippen LogP contribution in [0.25, 0.3) is 22.1 Å². The van der Waals surface area contributed by atoms with Crippen molar-refractivity contribution in [3.8, 4) is 6.07 Å². The third-order valence-corrected chi connectivity index (χ3v) is 27.3. The second-order valence-electron chi connectivity index (χ2n) is 36.4. The average Bonchev–Trinajstić information content (AvgIpc) is 1.64. The number of aromatic carboxylic acids is 1. The van der Waals surface area contributed by atoms with E-state index in [0.717, 1.165) is 66.1 Å². The summed E-state index contributed by atoms with van der Waals surface area (Å²) < 4.78 is 16.0. The van der Waals surface area contributed by atoms with Crippen LogP contribution in [0.4, 0.5) is 42.1 Å². The van der Waals surface area contributed by atoms with Gasteiger partial charge in [0.25, 0.3) is 11.8 Å². The number of anilines is 4. The van der Waals surface area contributed by atoms with Crippen molar-refractivity contribution in [3.05, 3.63) is 243 Å². The number of nitrogen functional groups attached to an aromatic ring is 1. The number of ketones is 1. The maximum absolute atomic E-state index is 13.1. The number of likely N-dealkylation sites (tertiary alicyclic amines) is 1. The third-order valence-electron chi connectivity index (χ3n) is 21.6. The number of primary amides is 5. The number of aliphatic imine (C=N–C) groups is 1. The van der Waals surface area contributed by atoms with Crippen LogP contribution in [0, 0.1) is 11.3 Å². The van der Waals surface area contributed by atoms with Gasteiger partial charge in [0.2, 0.25) is 47.4 Å². The van der Waals surface area contributed by atoms with Crippen molar-refractivity contribution in [1.82, 2.24) is 55.7 Å². The molecule has 6 aromatic heterocycles. The first kappa shape index (κ1) is 116. The Hall–Kier alpha value is -15.1. The van der Waals surface area contributed by atoms with Gasteiger partial charge in [-0.25, -0.2) is 24.0 Å². The first-order chi connectivity index (χ1) is 70.4. The standard InChI is InChI=1S/C23H19ClN6O3S.C21H24ClN3O4S.C16H16ClN3O2S.C13H19N3O3S.C10H17NO3.C7H4ClNO.C7H5N3O2.C3H4N2O/c24-13-2-4-14(5-3-13)26-20(31)10-18-21(22(25)32)15-7-8-30(11-19(15)34-18)23(33)12-1-6-16-17(9-12)28-29-27-16;1-21(2,3)29-20(28)25-9-8-14-16(11-25)30-15(18(14)19(23)27)10-17(26)24-13-6-4-12(22)5-7-13;17-9-1-3-10(4-2-9)20-14(21)7-12-15(16(18)22)11-5-6-19-8-13(11)23-12;1-13(2,3)19-12(18)16-5-4-7-8(6-16)20-11(15)9(7)10(14)17;1-10(2,3)14-9(13)11-6-4-8(12)5-7-11;8-6-1-3-7(4-2-6)9-5-10;11-7(12)4-1-2-5-6(3-4)9-10-8-5;4-2-1-3(5)6/h1-6,9H,7-8,10-11H2,(H2,25,32)(H,26,31)(H,27,28,29);4-7H,8-11H2,1-3H3,(H2,23,27)(H,24,26);1-4,19H,5-8H2,(H2,18,22)(H,20,21);4-6,15H2,1-3H3,(H2,14,17);4-7H2,1-3H3;1-4H;1-3H,(H,11,12)(H,8,9,10);1H2,(H2,5,6). The molecule has 0 unspecified atom stereocenters. The molecule has 0 saturated carbocycles. The summed E-state index contributed by atoms with van der Waals surface area (Å²) >= 11 is 28.6. The number of carbonyl (C=O) groups excluding carboxylic acids is 14. The zero-order chi connectivity index (χ0) is 109. The van der Waals surface area contributed by atoms with Crippen molar-refractivity contribution < 1.29 is 91.2 Å². The number of halogens is 4. The SMILES string of the molecule is CC(C)(C)OC(=O)N1CCC(=O)CC1.CC(C)(C)OC(=O)N1CCc2c(sc(CC(=O)Nc3ccc(Cl)cc3)c2C(N)=O)C1.CC(C)(C)OC(=O)N1CCc2c(sc(N)c2C(N)=O)C1.N#CCC(N)=O.NC(=O)c1c(CC(=O)Nc2ccc(Cl)cc2)sc2c1CCN(C(=O)c1ccc3n[nH]nc3c1)C2.NC(=O)c1c(CC(=O)Nc2ccc(Cl)cc2)sc2c1CCNC2.O=C(O)c1ccc2n[nH]nc2c1.O=C=Nc1ccc(Cl)cc1. The van der Waals surface area contributed by atoms with Crippen LogP contribution < -0.4 is 55.7 Å². The van der Waals surface area contributed by atoms with Gasteiger partial charge in [-0.1, -0.05) is 46.4 Å². The molecule has 19 N–H and O–H groups in total. The summed E-state index contributed by atoms with van der Waals surface area (Å²) in [7, 11) is 0. The summed E-state index contributed by atoms with van der Waals surface area (Å²) in [6, 6.07) is 38.4. The molecular formula is C100H108Cl4N22O19S4. The summed E-state index contributed by atoms with van der Waals surface area (Å²) in [6.07, 6.45) is 3.58. The second kappa shape index (κ2) is 53.0. The zero-order valence-electron chi connectivity index (χ0n) is 82.2. The summed E-state index contributed by atoms with van der Waals surface area (Å²) in [6.45, 7) is 21.4. The second-order valence-corrected chi connectivity index (χ2v) is 42.8. The number of carboxylic acids is 1. The lowest BCUT2D eigenvalue weighted by molar-refractivity contribution is -0.121. The molecule has 5 aliphatic heterocycles. The number of H-pyrrole nitrogens is 2. The number of isocyanates is 1. The first-order valence-corrected chi connectivity index (χ1v) is 50.6. The maximum Gasteiger partial charge on any atom is 0.410 e. The van der Waals surface area contributed by atoms with Gasteiger partial charge < -0.3 is 94.6 Å². The lowest BCUT2D eigenvalue weighted by Gasteiger charge is -2.30. The number of thiophene rings is 4. The minimum absolute atomic E-state index is 0.00926. The summed E-state index contributed by atoms with van der Waals surface area (Å²) in [5, 5.41) is 51.3. The van der Waals surface area contributed by atoms with E-state index < -0.39 is 58.4 Å². The van der Waals surface area contributed by atoms with E-state index in [1.54, 1.807) is 147 Å². The Morgan fingerprint density at radius 3 is 1.15 bits per heavy atom. The van der Waals surface area contributed by atoms with Gasteiger partial charge in [0.05, 0.1) is 83.5 Å². The molecule has 12 aromatic rings. The van der Waals surface area contributed by atoms with E-state index in [1.807, 2.05) is 62.3 Å². The van der Waals surface area contributed by atoms with Crippen molar-refractivity contribution in [2.24, 2.45) is 33.7 Å². The van der Waals surface area contributed by atoms with Gasteiger partial charge in [0.1, 0.15) is 51.1 Å². The number of ether oxygens (including phenoxy) is 3. The Morgan fingerprint density at radius 1 is 0.443 bits per heavy atom. The molecule has 0 radical (unpaired) electrons. The number of nitriles is 1. The van der Waals surface area contributed by atoms with Crippen molar-refractivity contribution >= 4 is 231 Å². The zero-order valence-corrected chi connectivity index (χ0v) is 88.5. The predicted molar refractivity (Wildman–Crippen MR) is 567 cm³/mol. The highest BCUT2D eigenvalue weighted by Crippen LogP contribution is 2.40. The van der Waals surface area contributed by atoms with Crippen LogP contribution in [0.3, 0.4) is 0 Å². The van der Waals surface area contributed by atoms with E-state index in [4.69, 9.17) is 99.7 Å². The predicted octanol–water partition coefficient (Wildman–Crippen LogP) is 15.1. The van der Waals surface area contributed by atoms with Crippen molar-refractivity contribution in [3.63, 3.8) is 0 Å². The molecule has 11 heterocycles. The van der Waals surface area contributed by atoms with E-state index in [9.17, 15) is 71.9 Å². The van der Waals surface area contributed by atoms with Crippen LogP contribution in [0.5, 0.6) is 0 Å². The quantitative estimate of drug-likeness (QED) is 0.0229. The Labute approximate surface area is 890 Å². The van der Waals surface area contributed by atoms with Gasteiger partial charge in [-0.3, -0.25) is 47.9 Å². The van der Waals surface area contributed by atoms with Crippen LogP contribution in [-0.2, 0) is 114 Å². The van der Waals surface area contributed by atoms with Crippen LogP contribution in [-0.4, -0.2) is 201 Å². The molecular weight excluding hydrogens is 2080 g/mol. The van der Waals surface area contributed by atoms with E-state index in [1.165, 1.54) is 63.6 Å². The smallest absolute Gasteiger partial charge is 0.410 e. The van der Waals surface area contributed by atoms with E-state index in [-0.39, 0.29) is 72.8 Å². The van der Waals surface area contributed by atoms with E-state index >= 15 is 0 Å². The highest BCUT2D eigenvalue weighted by atomic mass is 35.5. The van der Waals surface area contributed by atoms with Crippen LogP contribution >= 0.6 is 91.8 Å². The number of piperidine rings is 1. The number of nitrogens with one attached hydrogen (secondary N) is 6. The Bertz CT molecular complexity index is 7050. The summed E-state index contributed by atoms with van der Waals surface area (Å²) in [5.74, 6) is -4.24. The lowest BCUT2D eigenvalue weighted by atomic mass is 9.99. The number of carbonyl (C=O) groups is 14. The monoisotopic (exact) mass is 2190 g/mol. The maximum atomic E-state index is 13.1. The molecule has 0 bridgehead atoms. The van der Waals surface area contributed by atoms with Crippen LogP contribution in [0.2, 0.25) is 20.1 Å². The molecule has 0 aliphatic carbocycles. The third kappa shape index (κ3) is 34.8. The number of aromatic nitrogens is 6. The van der Waals surface area contributed by atoms with Gasteiger partial charge >= 0.3 is 24.2 Å². The van der Waals surface area contributed by atoms with Crippen molar-refractivity contribution in [1.29, 1.82) is 5.26 Å². The van der Waals surface area contributed by atoms with E-state index in [2.05, 4.69) is 62.8 Å². The Balaban J connectivity index is 0.000000182. The fourth-order valence-corrected chi connectivity index (χ4v) is 20.8. The van der Waals surface area contributed by atoms with Crippen LogP contribution in [0.1, 0.15) is 200 Å². The van der Waals surface area contributed by atoms with Gasteiger partial charge in [0.15, 0.2) is 0 Å². The topological polar surface area (TPSA) is 640 Å². The average molecular weight is 2190 g/mol. The number of nitrogens with zero attached hydrogens (tertiary/aromatic N) is 10. The number of amides is 12. The van der Waals surface area contributed by atoms with Crippen molar-refractivity contribution in [2.45, 2.75) is 170 Å².